The van der Waals surface area contributed by atoms with Crippen LogP contribution in [0, 0.1) is 0 Å². The van der Waals surface area contributed by atoms with Gasteiger partial charge < -0.3 is 14.2 Å². The Morgan fingerprint density at radius 3 is 2.35 bits per heavy atom. The molecule has 0 aliphatic rings. The van der Waals surface area contributed by atoms with Crippen LogP contribution in [-0.2, 0) is 11.3 Å². The third-order valence-electron chi connectivity index (χ3n) is 5.00. The molecule has 0 radical (unpaired) electrons. The standard InChI is InChI=1S/C24H17Cl3N2O5/c1-32-16-6-7-20-17(11-16)22(34-24(31)21-18(26)9-15(25)10-19(21)27)28-29(20)12-13-4-3-5-14(8-13)23(30)33-2/h3-11H,12H2,1-2H3. The number of hydrogen-bond acceptors (Lipinski definition) is 6. The number of ether oxygens (including phenoxy) is 3. The van der Waals surface area contributed by atoms with Crippen LogP contribution in [0.4, 0.5) is 0 Å². The third kappa shape index (κ3) is 4.82. The van der Waals surface area contributed by atoms with Gasteiger partial charge in [0, 0.05) is 5.02 Å². The summed E-state index contributed by atoms with van der Waals surface area (Å²) in [4.78, 5) is 24.8. The van der Waals surface area contributed by atoms with Gasteiger partial charge in [0.2, 0.25) is 5.88 Å². The molecule has 10 heteroatoms. The number of carbonyl (C=O) groups is 2. The molecule has 0 spiro atoms. The smallest absolute Gasteiger partial charge is 0.347 e. The largest absolute Gasteiger partial charge is 0.497 e. The van der Waals surface area contributed by atoms with Gasteiger partial charge in [-0.25, -0.2) is 9.59 Å². The lowest BCUT2D eigenvalue weighted by Gasteiger charge is -2.07. The van der Waals surface area contributed by atoms with Gasteiger partial charge in [0.05, 0.1) is 52.8 Å². The maximum absolute atomic E-state index is 12.9. The Kier molecular flexibility index (Phi) is 6.97. The Morgan fingerprint density at radius 2 is 1.68 bits per heavy atom. The quantitative estimate of drug-likeness (QED) is 0.288. The van der Waals surface area contributed by atoms with Crippen molar-refractivity contribution in [1.82, 2.24) is 9.78 Å². The molecule has 0 aliphatic carbocycles. The van der Waals surface area contributed by atoms with Crippen molar-refractivity contribution in [3.63, 3.8) is 0 Å². The van der Waals surface area contributed by atoms with E-state index in [-0.39, 0.29) is 21.5 Å². The van der Waals surface area contributed by atoms with Crippen LogP contribution in [0.1, 0.15) is 26.3 Å². The van der Waals surface area contributed by atoms with Gasteiger partial charge in [-0.3, -0.25) is 4.68 Å². The molecule has 0 saturated heterocycles. The number of benzene rings is 3. The molecular weight excluding hydrogens is 503 g/mol. The number of nitrogens with zero attached hydrogens (tertiary/aromatic N) is 2. The summed E-state index contributed by atoms with van der Waals surface area (Å²) in [5.74, 6) is -0.623. The Bertz CT molecular complexity index is 1390. The summed E-state index contributed by atoms with van der Waals surface area (Å²) in [5, 5.41) is 5.44. The Hall–Kier alpha value is -3.26. The summed E-state index contributed by atoms with van der Waals surface area (Å²) >= 11 is 18.3. The predicted molar refractivity (Wildman–Crippen MR) is 130 cm³/mol. The van der Waals surface area contributed by atoms with E-state index >= 15 is 0 Å². The molecule has 0 fully saturated rings. The second-order valence-electron chi connectivity index (χ2n) is 7.17. The van der Waals surface area contributed by atoms with E-state index in [2.05, 4.69) is 5.10 Å². The van der Waals surface area contributed by atoms with Crippen LogP contribution < -0.4 is 9.47 Å². The minimum atomic E-state index is -0.784. The van der Waals surface area contributed by atoms with Crippen molar-refractivity contribution in [2.24, 2.45) is 0 Å². The Morgan fingerprint density at radius 1 is 0.941 bits per heavy atom. The lowest BCUT2D eigenvalue weighted by atomic mass is 10.1. The number of rotatable bonds is 6. The average Bonchev–Trinajstić information content (AvgIpc) is 3.14. The van der Waals surface area contributed by atoms with Gasteiger partial charge in [-0.05, 0) is 48.0 Å². The molecule has 174 valence electrons. The minimum Gasteiger partial charge on any atom is -0.497 e. The number of aromatic nitrogens is 2. The van der Waals surface area contributed by atoms with Crippen LogP contribution in [0.2, 0.25) is 15.1 Å². The van der Waals surface area contributed by atoms with Crippen molar-refractivity contribution in [3.05, 3.63) is 86.4 Å². The molecule has 1 heterocycles. The normalized spacial score (nSPS) is 10.9. The summed E-state index contributed by atoms with van der Waals surface area (Å²) in [5.41, 5.74) is 1.87. The molecule has 0 atom stereocenters. The highest BCUT2D eigenvalue weighted by atomic mass is 35.5. The number of halogens is 3. The molecule has 4 aromatic rings. The van der Waals surface area contributed by atoms with Crippen LogP contribution in [-0.4, -0.2) is 35.9 Å². The van der Waals surface area contributed by atoms with Crippen molar-refractivity contribution < 1.29 is 23.8 Å². The average molecular weight is 520 g/mol. The Balaban J connectivity index is 1.74. The predicted octanol–water partition coefficient (Wildman–Crippen LogP) is 6.06. The molecular formula is C24H17Cl3N2O5. The second-order valence-corrected chi connectivity index (χ2v) is 8.42. The lowest BCUT2D eigenvalue weighted by molar-refractivity contribution is 0.0600. The maximum atomic E-state index is 12.9. The van der Waals surface area contributed by atoms with Crippen molar-refractivity contribution >= 4 is 57.6 Å². The number of carbonyl (C=O) groups excluding carboxylic acids is 2. The number of fused-ring (bicyclic) bond motifs is 1. The van der Waals surface area contributed by atoms with Gasteiger partial charge in [-0.2, -0.15) is 0 Å². The molecule has 0 amide bonds. The van der Waals surface area contributed by atoms with Gasteiger partial charge >= 0.3 is 11.9 Å². The van der Waals surface area contributed by atoms with Crippen LogP contribution in [0.25, 0.3) is 10.9 Å². The zero-order chi connectivity index (χ0) is 24.4. The maximum Gasteiger partial charge on any atom is 0.347 e. The fourth-order valence-corrected chi connectivity index (χ4v) is 4.39. The van der Waals surface area contributed by atoms with Crippen LogP contribution in [0.15, 0.2) is 54.6 Å². The summed E-state index contributed by atoms with van der Waals surface area (Å²) in [6.45, 7) is 0.299. The Labute approximate surface area is 209 Å². The molecule has 0 saturated carbocycles. The second kappa shape index (κ2) is 9.93. The monoisotopic (exact) mass is 518 g/mol. The molecule has 1 aromatic heterocycles. The first-order valence-electron chi connectivity index (χ1n) is 9.89. The molecule has 7 nitrogen and oxygen atoms in total. The third-order valence-corrected chi connectivity index (χ3v) is 5.82. The minimum absolute atomic E-state index is 0.0240. The van der Waals surface area contributed by atoms with Gasteiger partial charge in [-0.15, -0.1) is 5.10 Å². The summed E-state index contributed by atoms with van der Waals surface area (Å²) in [6.07, 6.45) is 0. The topological polar surface area (TPSA) is 79.7 Å². The summed E-state index contributed by atoms with van der Waals surface area (Å²) in [7, 11) is 2.85. The van der Waals surface area contributed by atoms with E-state index in [1.165, 1.54) is 26.4 Å². The first kappa shape index (κ1) is 23.9. The van der Waals surface area contributed by atoms with E-state index in [0.717, 1.165) is 5.56 Å². The van der Waals surface area contributed by atoms with Crippen molar-refractivity contribution in [3.8, 4) is 11.6 Å². The fourth-order valence-electron chi connectivity index (χ4n) is 3.42. The van der Waals surface area contributed by atoms with Crippen LogP contribution in [0.5, 0.6) is 11.6 Å². The fraction of sp³-hybridized carbons (Fsp3) is 0.125. The highest BCUT2D eigenvalue weighted by Gasteiger charge is 2.22. The molecule has 0 aliphatic heterocycles. The van der Waals surface area contributed by atoms with E-state index in [4.69, 9.17) is 49.0 Å². The highest BCUT2D eigenvalue weighted by Crippen LogP contribution is 2.33. The van der Waals surface area contributed by atoms with Gasteiger partial charge in [0.15, 0.2) is 0 Å². The molecule has 4 rings (SSSR count). The van der Waals surface area contributed by atoms with E-state index in [1.54, 1.807) is 41.1 Å². The van der Waals surface area contributed by atoms with Gasteiger partial charge in [-0.1, -0.05) is 46.9 Å². The SMILES string of the molecule is COC(=O)c1cccc(Cn2nc(OC(=O)c3c(Cl)cc(Cl)cc3Cl)c3cc(OC)ccc32)c1. The molecule has 0 N–H and O–H groups in total. The number of esters is 2. The van der Waals surface area contributed by atoms with E-state index < -0.39 is 11.9 Å². The van der Waals surface area contributed by atoms with Gasteiger partial charge in [0.1, 0.15) is 5.75 Å². The van der Waals surface area contributed by atoms with Crippen molar-refractivity contribution in [1.29, 1.82) is 0 Å². The van der Waals surface area contributed by atoms with Crippen LogP contribution in [0.3, 0.4) is 0 Å². The summed E-state index contributed by atoms with van der Waals surface area (Å²) < 4.78 is 17.4. The van der Waals surface area contributed by atoms with Crippen molar-refractivity contribution in [2.75, 3.05) is 14.2 Å². The first-order chi connectivity index (χ1) is 16.3. The molecule has 34 heavy (non-hydrogen) atoms. The number of hydrogen-bond donors (Lipinski definition) is 0. The zero-order valence-corrected chi connectivity index (χ0v) is 20.2. The van der Waals surface area contributed by atoms with Gasteiger partial charge in [0.25, 0.3) is 0 Å². The molecule has 3 aromatic carbocycles. The van der Waals surface area contributed by atoms with E-state index in [0.29, 0.717) is 33.8 Å². The lowest BCUT2D eigenvalue weighted by Crippen LogP contribution is -2.11. The van der Waals surface area contributed by atoms with Crippen LogP contribution >= 0.6 is 34.8 Å². The number of methoxy groups -OCH3 is 2. The van der Waals surface area contributed by atoms with E-state index in [1.807, 2.05) is 6.07 Å². The highest BCUT2D eigenvalue weighted by molar-refractivity contribution is 6.42. The molecule has 0 bridgehead atoms. The molecule has 0 unspecified atom stereocenters. The van der Waals surface area contributed by atoms with E-state index in [9.17, 15) is 9.59 Å². The zero-order valence-electron chi connectivity index (χ0n) is 18.0. The summed E-state index contributed by atoms with van der Waals surface area (Å²) in [6, 6.07) is 15.0. The first-order valence-corrected chi connectivity index (χ1v) is 11.0. The van der Waals surface area contributed by atoms with Crippen molar-refractivity contribution in [2.45, 2.75) is 6.54 Å².